The van der Waals surface area contributed by atoms with Gasteiger partial charge in [-0.25, -0.2) is 18.8 Å². The molecule has 0 spiro atoms. The van der Waals surface area contributed by atoms with E-state index in [0.29, 0.717) is 5.69 Å². The minimum Gasteiger partial charge on any atom is -0.475 e. The second-order valence-electron chi connectivity index (χ2n) is 4.26. The molecule has 2 rings (SSSR count). The number of benzene rings is 1. The van der Waals surface area contributed by atoms with E-state index in [1.165, 1.54) is 0 Å². The summed E-state index contributed by atoms with van der Waals surface area (Å²) < 4.78 is 3.10. The maximum atomic E-state index is 12.2. The number of rotatable bonds is 3. The van der Waals surface area contributed by atoms with Crippen LogP contribution >= 0.6 is 15.9 Å². The van der Waals surface area contributed by atoms with Crippen LogP contribution in [0.1, 0.15) is 30.5 Å². The van der Waals surface area contributed by atoms with E-state index in [9.17, 15) is 9.59 Å². The molecule has 2 aromatic rings. The van der Waals surface area contributed by atoms with Gasteiger partial charge in [-0.05, 0) is 38.1 Å². The van der Waals surface area contributed by atoms with Gasteiger partial charge in [0.2, 0.25) is 5.82 Å². The first kappa shape index (κ1) is 13.5. The first-order valence-corrected chi connectivity index (χ1v) is 6.42. The van der Waals surface area contributed by atoms with E-state index in [1.807, 2.05) is 0 Å². The molecule has 0 saturated carbocycles. The molecule has 1 heterocycles. The zero-order valence-electron chi connectivity index (χ0n) is 10.4. The summed E-state index contributed by atoms with van der Waals surface area (Å²) in [5.41, 5.74) is 0.00669. The number of hydrogen-bond donors (Lipinski definition) is 1. The number of aromatic carboxylic acids is 1. The first-order chi connectivity index (χ1) is 8.91. The van der Waals surface area contributed by atoms with Crippen LogP contribution in [0.5, 0.6) is 0 Å². The Hall–Kier alpha value is -1.89. The molecule has 0 amide bonds. The summed E-state index contributed by atoms with van der Waals surface area (Å²) in [6.45, 7) is 3.54. The molecule has 6 nitrogen and oxygen atoms in total. The maximum Gasteiger partial charge on any atom is 0.374 e. The van der Waals surface area contributed by atoms with Gasteiger partial charge in [0, 0.05) is 4.47 Å². The predicted octanol–water partition coefficient (Wildman–Crippen LogP) is 2.08. The fraction of sp³-hybridized carbons (Fsp3) is 0.250. The summed E-state index contributed by atoms with van der Waals surface area (Å²) in [7, 11) is 0. The molecular weight excluding hydrogens is 314 g/mol. The monoisotopic (exact) mass is 325 g/mol. The van der Waals surface area contributed by atoms with E-state index in [4.69, 9.17) is 5.11 Å². The normalized spacial score (nSPS) is 10.9. The van der Waals surface area contributed by atoms with Crippen molar-refractivity contribution in [1.82, 2.24) is 14.3 Å². The van der Waals surface area contributed by atoms with Gasteiger partial charge in [-0.2, -0.15) is 0 Å². The van der Waals surface area contributed by atoms with Crippen molar-refractivity contribution in [3.63, 3.8) is 0 Å². The molecule has 0 saturated heterocycles. The van der Waals surface area contributed by atoms with Crippen molar-refractivity contribution in [3.05, 3.63) is 45.0 Å². The fourth-order valence-corrected chi connectivity index (χ4v) is 1.94. The van der Waals surface area contributed by atoms with Crippen molar-refractivity contribution in [2.24, 2.45) is 0 Å². The Morgan fingerprint density at radius 1 is 1.32 bits per heavy atom. The molecule has 1 aromatic heterocycles. The molecule has 0 radical (unpaired) electrons. The third-order valence-electron chi connectivity index (χ3n) is 2.57. The van der Waals surface area contributed by atoms with Crippen molar-refractivity contribution in [2.75, 3.05) is 0 Å². The molecule has 0 unspecified atom stereocenters. The predicted molar refractivity (Wildman–Crippen MR) is 72.9 cm³/mol. The van der Waals surface area contributed by atoms with E-state index in [1.54, 1.807) is 38.1 Å². The lowest BCUT2D eigenvalue weighted by Gasteiger charge is -2.03. The van der Waals surface area contributed by atoms with Crippen molar-refractivity contribution in [2.45, 2.75) is 19.9 Å². The zero-order valence-corrected chi connectivity index (χ0v) is 12.0. The number of halogens is 1. The number of carboxylic acids is 1. The average Bonchev–Trinajstić information content (AvgIpc) is 2.68. The Labute approximate surface area is 117 Å². The van der Waals surface area contributed by atoms with Crippen molar-refractivity contribution in [3.8, 4) is 5.69 Å². The highest BCUT2D eigenvalue weighted by Crippen LogP contribution is 2.14. The second kappa shape index (κ2) is 5.00. The minimum absolute atomic E-state index is 0.206. The van der Waals surface area contributed by atoms with Gasteiger partial charge in [-0.15, -0.1) is 5.10 Å². The first-order valence-electron chi connectivity index (χ1n) is 5.62. The molecule has 0 aliphatic rings. The lowest BCUT2D eigenvalue weighted by atomic mass is 10.3. The van der Waals surface area contributed by atoms with Crippen LogP contribution in [0, 0.1) is 0 Å². The summed E-state index contributed by atoms with van der Waals surface area (Å²) in [4.78, 5) is 23.4. The summed E-state index contributed by atoms with van der Waals surface area (Å²) in [5, 5.41) is 13.0. The minimum atomic E-state index is -1.24. The van der Waals surface area contributed by atoms with Gasteiger partial charge >= 0.3 is 11.7 Å². The Morgan fingerprint density at radius 3 is 2.37 bits per heavy atom. The quantitative estimate of drug-likeness (QED) is 0.937. The third-order valence-corrected chi connectivity index (χ3v) is 3.10. The highest BCUT2D eigenvalue weighted by atomic mass is 79.9. The largest absolute Gasteiger partial charge is 0.475 e. The molecular formula is C12H12BrN3O3. The molecule has 0 fully saturated rings. The number of nitrogens with zero attached hydrogens (tertiary/aromatic N) is 3. The third kappa shape index (κ3) is 2.46. The van der Waals surface area contributed by atoms with Gasteiger partial charge in [0.1, 0.15) is 0 Å². The van der Waals surface area contributed by atoms with Gasteiger partial charge in [-0.3, -0.25) is 0 Å². The van der Waals surface area contributed by atoms with Gasteiger partial charge in [0.25, 0.3) is 0 Å². The van der Waals surface area contributed by atoms with E-state index < -0.39 is 11.7 Å². The summed E-state index contributed by atoms with van der Waals surface area (Å²) in [6.07, 6.45) is 0. The van der Waals surface area contributed by atoms with E-state index >= 15 is 0 Å². The molecule has 1 N–H and O–H groups in total. The summed E-state index contributed by atoms with van der Waals surface area (Å²) in [5.74, 6) is -1.53. The fourth-order valence-electron chi connectivity index (χ4n) is 1.68. The van der Waals surface area contributed by atoms with E-state index in [2.05, 4.69) is 21.0 Å². The lowest BCUT2D eigenvalue weighted by Crippen LogP contribution is -2.26. The highest BCUT2D eigenvalue weighted by Gasteiger charge is 2.21. The van der Waals surface area contributed by atoms with Crippen LogP contribution in [0.4, 0.5) is 0 Å². The van der Waals surface area contributed by atoms with Gasteiger partial charge in [0.15, 0.2) is 0 Å². The van der Waals surface area contributed by atoms with Crippen LogP contribution in [0.15, 0.2) is 33.5 Å². The lowest BCUT2D eigenvalue weighted by molar-refractivity contribution is 0.0680. The van der Waals surface area contributed by atoms with Gasteiger partial charge in [-0.1, -0.05) is 15.9 Å². The van der Waals surface area contributed by atoms with Crippen LogP contribution < -0.4 is 5.69 Å². The molecule has 19 heavy (non-hydrogen) atoms. The second-order valence-corrected chi connectivity index (χ2v) is 5.18. The van der Waals surface area contributed by atoms with Crippen LogP contribution in [0.2, 0.25) is 0 Å². The standard InChI is InChI=1S/C12H12BrN3O3/c1-7(2)16-12(19)15(10(14-16)11(17)18)9-5-3-8(13)4-6-9/h3-7H,1-2H3,(H,17,18). The maximum absolute atomic E-state index is 12.2. The van der Waals surface area contributed by atoms with Crippen LogP contribution in [0.3, 0.4) is 0 Å². The topological polar surface area (TPSA) is 77.1 Å². The number of hydrogen-bond acceptors (Lipinski definition) is 3. The SMILES string of the molecule is CC(C)n1nc(C(=O)O)n(-c2ccc(Br)cc2)c1=O. The molecule has 100 valence electrons. The molecule has 1 aromatic carbocycles. The van der Waals surface area contributed by atoms with E-state index in [-0.39, 0.29) is 11.9 Å². The Bertz CT molecular complexity index is 671. The van der Waals surface area contributed by atoms with Crippen molar-refractivity contribution < 1.29 is 9.90 Å². The smallest absolute Gasteiger partial charge is 0.374 e. The summed E-state index contributed by atoms with van der Waals surface area (Å²) in [6, 6.07) is 6.58. The van der Waals surface area contributed by atoms with Crippen molar-refractivity contribution in [1.29, 1.82) is 0 Å². The highest BCUT2D eigenvalue weighted by molar-refractivity contribution is 9.10. The Balaban J connectivity index is 2.71. The molecule has 7 heteroatoms. The van der Waals surface area contributed by atoms with Crippen LogP contribution in [-0.4, -0.2) is 25.4 Å². The molecule has 0 bridgehead atoms. The Kier molecular flexibility index (Phi) is 3.57. The van der Waals surface area contributed by atoms with Gasteiger partial charge in [0.05, 0.1) is 11.7 Å². The summed E-state index contributed by atoms with van der Waals surface area (Å²) >= 11 is 3.29. The van der Waals surface area contributed by atoms with Crippen LogP contribution in [0.25, 0.3) is 5.69 Å². The zero-order chi connectivity index (χ0) is 14.2. The number of aromatic nitrogens is 3. The number of carbonyl (C=O) groups is 1. The molecule has 0 atom stereocenters. The molecule has 0 aliphatic heterocycles. The van der Waals surface area contributed by atoms with Gasteiger partial charge < -0.3 is 5.11 Å². The van der Waals surface area contributed by atoms with E-state index in [0.717, 1.165) is 13.7 Å². The Morgan fingerprint density at radius 2 is 1.89 bits per heavy atom. The van der Waals surface area contributed by atoms with Crippen LogP contribution in [-0.2, 0) is 0 Å². The molecule has 0 aliphatic carbocycles. The van der Waals surface area contributed by atoms with Crippen molar-refractivity contribution >= 4 is 21.9 Å². The number of carboxylic acid groups (broad SMARTS) is 1. The average molecular weight is 326 g/mol.